The first-order chi connectivity index (χ1) is 10.6. The van der Waals surface area contributed by atoms with Crippen molar-refractivity contribution in [2.45, 2.75) is 30.0 Å². The SMILES string of the molecule is COc1cc(C(F)(F)F)cc(S(=O)(=O)N2CCCC2C(=O)O)c1. The van der Waals surface area contributed by atoms with Gasteiger partial charge in [0.25, 0.3) is 0 Å². The first kappa shape index (κ1) is 17.5. The van der Waals surface area contributed by atoms with E-state index in [-0.39, 0.29) is 18.7 Å². The Morgan fingerprint density at radius 1 is 1.35 bits per heavy atom. The maximum Gasteiger partial charge on any atom is 0.416 e. The number of hydrogen-bond donors (Lipinski definition) is 1. The number of carbonyl (C=O) groups is 1. The maximum atomic E-state index is 12.9. The highest BCUT2D eigenvalue weighted by Gasteiger charge is 2.41. The molecule has 1 atom stereocenters. The lowest BCUT2D eigenvalue weighted by molar-refractivity contribution is -0.141. The summed E-state index contributed by atoms with van der Waals surface area (Å²) in [5, 5.41) is 9.07. The van der Waals surface area contributed by atoms with Crippen LogP contribution in [0.25, 0.3) is 0 Å². The number of ether oxygens (including phenoxy) is 1. The van der Waals surface area contributed by atoms with E-state index in [1.54, 1.807) is 0 Å². The van der Waals surface area contributed by atoms with Gasteiger partial charge in [0.15, 0.2) is 0 Å². The second-order valence-corrected chi connectivity index (χ2v) is 6.90. The van der Waals surface area contributed by atoms with E-state index >= 15 is 0 Å². The Labute approximate surface area is 130 Å². The second kappa shape index (κ2) is 6.00. The highest BCUT2D eigenvalue weighted by atomic mass is 32.2. The summed E-state index contributed by atoms with van der Waals surface area (Å²) in [6.07, 6.45) is -4.31. The van der Waals surface area contributed by atoms with Gasteiger partial charge in [0, 0.05) is 12.6 Å². The molecule has 1 aliphatic rings. The van der Waals surface area contributed by atoms with Crippen LogP contribution in [-0.4, -0.2) is 43.5 Å². The summed E-state index contributed by atoms with van der Waals surface area (Å²) in [4.78, 5) is 10.5. The lowest BCUT2D eigenvalue weighted by Crippen LogP contribution is -2.40. The molecule has 23 heavy (non-hydrogen) atoms. The number of benzene rings is 1. The fourth-order valence-electron chi connectivity index (χ4n) is 2.41. The summed E-state index contributed by atoms with van der Waals surface area (Å²) < 4.78 is 69.2. The molecular formula is C13H14F3NO5S. The minimum Gasteiger partial charge on any atom is -0.497 e. The van der Waals surface area contributed by atoms with Gasteiger partial charge in [-0.25, -0.2) is 8.42 Å². The monoisotopic (exact) mass is 353 g/mol. The molecule has 0 radical (unpaired) electrons. The van der Waals surface area contributed by atoms with Gasteiger partial charge in [-0.15, -0.1) is 0 Å². The molecule has 0 bridgehead atoms. The molecule has 1 N–H and O–H groups in total. The molecule has 0 aliphatic carbocycles. The Bertz CT molecular complexity index is 717. The van der Waals surface area contributed by atoms with Crippen LogP contribution in [0.3, 0.4) is 0 Å². The Balaban J connectivity index is 2.53. The van der Waals surface area contributed by atoms with Crippen molar-refractivity contribution in [2.24, 2.45) is 0 Å². The van der Waals surface area contributed by atoms with E-state index in [1.165, 1.54) is 0 Å². The van der Waals surface area contributed by atoms with Crippen LogP contribution in [-0.2, 0) is 21.0 Å². The molecule has 2 rings (SSSR count). The molecule has 1 unspecified atom stereocenters. The summed E-state index contributed by atoms with van der Waals surface area (Å²) in [5.41, 5.74) is -1.18. The minimum atomic E-state index is -4.75. The number of sulfonamides is 1. The summed E-state index contributed by atoms with van der Waals surface area (Å²) in [7, 11) is -3.26. The van der Waals surface area contributed by atoms with Crippen LogP contribution >= 0.6 is 0 Å². The molecule has 1 aromatic carbocycles. The molecule has 1 heterocycles. The van der Waals surface area contributed by atoms with Crippen molar-refractivity contribution in [1.29, 1.82) is 0 Å². The zero-order valence-electron chi connectivity index (χ0n) is 12.0. The molecule has 0 aromatic heterocycles. The number of carboxylic acids is 1. The van der Waals surface area contributed by atoms with Crippen LogP contribution in [0.1, 0.15) is 18.4 Å². The van der Waals surface area contributed by atoms with Gasteiger partial charge in [-0.1, -0.05) is 0 Å². The molecule has 10 heteroatoms. The van der Waals surface area contributed by atoms with E-state index in [4.69, 9.17) is 9.84 Å². The summed E-state index contributed by atoms with van der Waals surface area (Å²) in [5.74, 6) is -1.60. The van der Waals surface area contributed by atoms with Crippen molar-refractivity contribution in [1.82, 2.24) is 4.31 Å². The molecule has 1 saturated heterocycles. The third-order valence-corrected chi connectivity index (χ3v) is 5.42. The summed E-state index contributed by atoms with van der Waals surface area (Å²) in [6.45, 7) is -0.0577. The van der Waals surface area contributed by atoms with E-state index < -0.39 is 38.7 Å². The van der Waals surface area contributed by atoms with E-state index in [0.29, 0.717) is 22.9 Å². The van der Waals surface area contributed by atoms with Gasteiger partial charge < -0.3 is 9.84 Å². The van der Waals surface area contributed by atoms with E-state index in [2.05, 4.69) is 0 Å². The topological polar surface area (TPSA) is 83.9 Å². The molecule has 0 saturated carbocycles. The average molecular weight is 353 g/mol. The molecule has 128 valence electrons. The van der Waals surface area contributed by atoms with Crippen molar-refractivity contribution in [3.8, 4) is 5.75 Å². The third-order valence-electron chi connectivity index (χ3n) is 3.54. The van der Waals surface area contributed by atoms with E-state index in [9.17, 15) is 26.4 Å². The van der Waals surface area contributed by atoms with Crippen LogP contribution < -0.4 is 4.74 Å². The molecule has 0 amide bonds. The molecular weight excluding hydrogens is 339 g/mol. The van der Waals surface area contributed by atoms with Gasteiger partial charge in [0.1, 0.15) is 11.8 Å². The van der Waals surface area contributed by atoms with Crippen LogP contribution in [0, 0.1) is 0 Å². The lowest BCUT2D eigenvalue weighted by atomic mass is 10.2. The fourth-order valence-corrected chi connectivity index (χ4v) is 4.12. The quantitative estimate of drug-likeness (QED) is 0.894. The Kier molecular flexibility index (Phi) is 4.58. The number of alkyl halides is 3. The zero-order chi connectivity index (χ0) is 17.4. The predicted octanol–water partition coefficient (Wildman–Crippen LogP) is 1.95. The average Bonchev–Trinajstić information content (AvgIpc) is 2.96. The van der Waals surface area contributed by atoms with Crippen LogP contribution in [0.2, 0.25) is 0 Å². The molecule has 1 aromatic rings. The van der Waals surface area contributed by atoms with Crippen molar-refractivity contribution < 1.29 is 36.2 Å². The van der Waals surface area contributed by atoms with Gasteiger partial charge in [-0.2, -0.15) is 17.5 Å². The van der Waals surface area contributed by atoms with Crippen molar-refractivity contribution in [3.63, 3.8) is 0 Å². The number of hydrogen-bond acceptors (Lipinski definition) is 4. The Hall–Kier alpha value is -1.81. The number of nitrogens with zero attached hydrogens (tertiary/aromatic N) is 1. The molecule has 0 spiro atoms. The predicted molar refractivity (Wildman–Crippen MR) is 72.5 cm³/mol. The van der Waals surface area contributed by atoms with Gasteiger partial charge >= 0.3 is 12.1 Å². The number of rotatable bonds is 4. The van der Waals surface area contributed by atoms with Gasteiger partial charge in [0.2, 0.25) is 10.0 Å². The number of halogens is 3. The highest BCUT2D eigenvalue weighted by molar-refractivity contribution is 7.89. The first-order valence-electron chi connectivity index (χ1n) is 6.58. The number of carboxylic acid groups (broad SMARTS) is 1. The Morgan fingerprint density at radius 2 is 2.00 bits per heavy atom. The van der Waals surface area contributed by atoms with Crippen LogP contribution in [0.4, 0.5) is 13.2 Å². The van der Waals surface area contributed by atoms with E-state index in [0.717, 1.165) is 13.2 Å². The maximum absolute atomic E-state index is 12.9. The number of aliphatic carboxylic acids is 1. The highest BCUT2D eigenvalue weighted by Crippen LogP contribution is 2.35. The van der Waals surface area contributed by atoms with Crippen LogP contribution in [0.15, 0.2) is 23.1 Å². The molecule has 1 aliphatic heterocycles. The first-order valence-corrected chi connectivity index (χ1v) is 8.02. The smallest absolute Gasteiger partial charge is 0.416 e. The largest absolute Gasteiger partial charge is 0.497 e. The minimum absolute atomic E-state index is 0.0577. The second-order valence-electron chi connectivity index (χ2n) is 5.01. The van der Waals surface area contributed by atoms with Crippen molar-refractivity contribution in [3.05, 3.63) is 23.8 Å². The summed E-state index contributed by atoms with van der Waals surface area (Å²) in [6, 6.07) is 0.828. The van der Waals surface area contributed by atoms with Crippen molar-refractivity contribution in [2.75, 3.05) is 13.7 Å². The van der Waals surface area contributed by atoms with Crippen molar-refractivity contribution >= 4 is 16.0 Å². The Morgan fingerprint density at radius 3 is 2.52 bits per heavy atom. The molecule has 6 nitrogen and oxygen atoms in total. The number of methoxy groups -OCH3 is 1. The van der Waals surface area contributed by atoms with Gasteiger partial charge in [-0.05, 0) is 25.0 Å². The normalized spacial score (nSPS) is 19.7. The molecule has 1 fully saturated rings. The van der Waals surface area contributed by atoms with Gasteiger partial charge in [0.05, 0.1) is 17.6 Å². The lowest BCUT2D eigenvalue weighted by Gasteiger charge is -2.22. The standard InChI is InChI=1S/C13H14F3NO5S/c1-22-9-5-8(13(14,15)16)6-10(7-9)23(20,21)17-4-2-3-11(17)12(18)19/h5-7,11H,2-4H2,1H3,(H,18,19). The zero-order valence-corrected chi connectivity index (χ0v) is 12.8. The van der Waals surface area contributed by atoms with Crippen LogP contribution in [0.5, 0.6) is 5.75 Å². The fraction of sp³-hybridized carbons (Fsp3) is 0.462. The third kappa shape index (κ3) is 3.42. The summed E-state index contributed by atoms with van der Waals surface area (Å²) >= 11 is 0. The van der Waals surface area contributed by atoms with Gasteiger partial charge in [-0.3, -0.25) is 4.79 Å². The van der Waals surface area contributed by atoms with E-state index in [1.807, 2.05) is 0 Å².